The van der Waals surface area contributed by atoms with Gasteiger partial charge in [0.2, 0.25) is 0 Å². The Morgan fingerprint density at radius 2 is 2.24 bits per heavy atom. The minimum Gasteiger partial charge on any atom is -0.351 e. The van der Waals surface area contributed by atoms with Crippen LogP contribution in [0, 0.1) is 0 Å². The van der Waals surface area contributed by atoms with Gasteiger partial charge < -0.3 is 5.32 Å². The van der Waals surface area contributed by atoms with Crippen LogP contribution in [0.25, 0.3) is 5.69 Å². The summed E-state index contributed by atoms with van der Waals surface area (Å²) >= 11 is 6.02. The van der Waals surface area contributed by atoms with Gasteiger partial charge in [0.05, 0.1) is 16.9 Å². The van der Waals surface area contributed by atoms with Crippen molar-refractivity contribution in [1.82, 2.24) is 20.3 Å². The molecule has 88 valence electrons. The average Bonchev–Trinajstić information content (AvgIpc) is 2.79. The second kappa shape index (κ2) is 4.97. The Hall–Kier alpha value is -1.88. The SMILES string of the molecule is CCNC(=O)c1cn(-c2ccccc2Cl)nn1. The van der Waals surface area contributed by atoms with Gasteiger partial charge in [-0.15, -0.1) is 5.10 Å². The Morgan fingerprint density at radius 1 is 1.47 bits per heavy atom. The molecule has 0 unspecified atom stereocenters. The number of halogens is 1. The van der Waals surface area contributed by atoms with Crippen molar-refractivity contribution in [3.63, 3.8) is 0 Å². The highest BCUT2D eigenvalue weighted by molar-refractivity contribution is 6.32. The predicted molar refractivity (Wildman–Crippen MR) is 64.4 cm³/mol. The second-order valence-corrected chi connectivity index (χ2v) is 3.77. The summed E-state index contributed by atoms with van der Waals surface area (Å²) in [6.07, 6.45) is 1.55. The van der Waals surface area contributed by atoms with E-state index in [4.69, 9.17) is 11.6 Å². The molecular weight excluding hydrogens is 240 g/mol. The van der Waals surface area contributed by atoms with E-state index in [1.165, 1.54) is 4.68 Å². The van der Waals surface area contributed by atoms with Crippen molar-refractivity contribution in [2.24, 2.45) is 0 Å². The number of aromatic nitrogens is 3. The molecule has 0 bridgehead atoms. The van der Waals surface area contributed by atoms with Crippen LogP contribution in [0.2, 0.25) is 5.02 Å². The van der Waals surface area contributed by atoms with Crippen LogP contribution in [0.15, 0.2) is 30.5 Å². The molecule has 0 aliphatic carbocycles. The predicted octanol–water partition coefficient (Wildman–Crippen LogP) is 1.67. The Bertz CT molecular complexity index is 538. The molecule has 17 heavy (non-hydrogen) atoms. The number of nitrogens with one attached hydrogen (secondary N) is 1. The van der Waals surface area contributed by atoms with Gasteiger partial charge >= 0.3 is 0 Å². The third-order valence-electron chi connectivity index (χ3n) is 2.16. The first-order valence-corrected chi connectivity index (χ1v) is 5.55. The van der Waals surface area contributed by atoms with Crippen LogP contribution < -0.4 is 5.32 Å². The lowest BCUT2D eigenvalue weighted by Crippen LogP contribution is -2.22. The van der Waals surface area contributed by atoms with Gasteiger partial charge in [-0.1, -0.05) is 28.9 Å². The molecule has 5 nitrogen and oxygen atoms in total. The molecule has 1 aromatic heterocycles. The molecule has 0 aliphatic heterocycles. The molecule has 2 aromatic rings. The number of benzene rings is 1. The fraction of sp³-hybridized carbons (Fsp3) is 0.182. The molecule has 1 amide bonds. The summed E-state index contributed by atoms with van der Waals surface area (Å²) < 4.78 is 1.48. The van der Waals surface area contributed by atoms with E-state index in [-0.39, 0.29) is 11.6 Å². The van der Waals surface area contributed by atoms with E-state index in [9.17, 15) is 4.79 Å². The Morgan fingerprint density at radius 3 is 2.94 bits per heavy atom. The zero-order chi connectivity index (χ0) is 12.3. The van der Waals surface area contributed by atoms with Crippen molar-refractivity contribution in [1.29, 1.82) is 0 Å². The summed E-state index contributed by atoms with van der Waals surface area (Å²) in [6.45, 7) is 2.40. The lowest BCUT2D eigenvalue weighted by atomic mass is 10.3. The van der Waals surface area contributed by atoms with Gasteiger partial charge in [0.1, 0.15) is 0 Å². The van der Waals surface area contributed by atoms with Crippen LogP contribution in [0.3, 0.4) is 0 Å². The van der Waals surface area contributed by atoms with Crippen molar-refractivity contribution in [3.8, 4) is 5.69 Å². The van der Waals surface area contributed by atoms with Crippen LogP contribution in [-0.4, -0.2) is 27.4 Å². The van der Waals surface area contributed by atoms with Gasteiger partial charge in [-0.2, -0.15) is 0 Å². The molecule has 0 saturated heterocycles. The third-order valence-corrected chi connectivity index (χ3v) is 2.48. The van der Waals surface area contributed by atoms with Crippen LogP contribution >= 0.6 is 11.6 Å². The third kappa shape index (κ3) is 2.45. The molecule has 0 saturated carbocycles. The molecule has 0 aliphatic rings. The monoisotopic (exact) mass is 250 g/mol. The number of hydrogen-bond donors (Lipinski definition) is 1. The maximum Gasteiger partial charge on any atom is 0.273 e. The number of hydrogen-bond acceptors (Lipinski definition) is 3. The van der Waals surface area contributed by atoms with Gasteiger partial charge in [0, 0.05) is 6.54 Å². The second-order valence-electron chi connectivity index (χ2n) is 3.36. The molecule has 2 rings (SSSR count). The van der Waals surface area contributed by atoms with E-state index in [0.29, 0.717) is 17.3 Å². The van der Waals surface area contributed by atoms with Gasteiger partial charge in [-0.05, 0) is 19.1 Å². The van der Waals surface area contributed by atoms with Crippen LogP contribution in [0.4, 0.5) is 0 Å². The summed E-state index contributed by atoms with van der Waals surface area (Å²) in [6, 6.07) is 7.23. The largest absolute Gasteiger partial charge is 0.351 e. The minimum absolute atomic E-state index is 0.245. The maximum absolute atomic E-state index is 11.5. The maximum atomic E-state index is 11.5. The molecule has 0 fully saturated rings. The van der Waals surface area contributed by atoms with E-state index < -0.39 is 0 Å². The lowest BCUT2D eigenvalue weighted by Gasteiger charge is -2.01. The van der Waals surface area contributed by atoms with Gasteiger partial charge in [0.15, 0.2) is 5.69 Å². The summed E-state index contributed by atoms with van der Waals surface area (Å²) in [4.78, 5) is 11.5. The van der Waals surface area contributed by atoms with Crippen molar-refractivity contribution in [3.05, 3.63) is 41.2 Å². The van der Waals surface area contributed by atoms with E-state index in [0.717, 1.165) is 0 Å². The number of carbonyl (C=O) groups excluding carboxylic acids is 1. The number of rotatable bonds is 3. The number of para-hydroxylation sites is 1. The first-order chi connectivity index (χ1) is 8.22. The van der Waals surface area contributed by atoms with Crippen molar-refractivity contribution >= 4 is 17.5 Å². The van der Waals surface area contributed by atoms with E-state index in [2.05, 4.69) is 15.6 Å². The first kappa shape index (κ1) is 11.6. The number of carbonyl (C=O) groups is 1. The molecule has 1 aromatic carbocycles. The summed E-state index contributed by atoms with van der Waals surface area (Å²) in [7, 11) is 0. The highest BCUT2D eigenvalue weighted by atomic mass is 35.5. The molecule has 6 heteroatoms. The smallest absolute Gasteiger partial charge is 0.273 e. The van der Waals surface area contributed by atoms with Crippen LogP contribution in [0.1, 0.15) is 17.4 Å². The Kier molecular flexibility index (Phi) is 3.39. The molecule has 0 spiro atoms. The molecule has 1 heterocycles. The highest BCUT2D eigenvalue weighted by Crippen LogP contribution is 2.18. The first-order valence-electron chi connectivity index (χ1n) is 5.18. The van der Waals surface area contributed by atoms with Crippen LogP contribution in [-0.2, 0) is 0 Å². The number of nitrogens with zero attached hydrogens (tertiary/aromatic N) is 3. The van der Waals surface area contributed by atoms with Crippen molar-refractivity contribution in [2.45, 2.75) is 6.92 Å². The van der Waals surface area contributed by atoms with Gasteiger partial charge in [-0.25, -0.2) is 4.68 Å². The molecule has 0 radical (unpaired) electrons. The normalized spacial score (nSPS) is 10.2. The Labute approximate surface area is 103 Å². The molecular formula is C11H11ClN4O. The minimum atomic E-state index is -0.245. The van der Waals surface area contributed by atoms with Crippen molar-refractivity contribution in [2.75, 3.05) is 6.54 Å². The number of amides is 1. The molecule has 1 N–H and O–H groups in total. The fourth-order valence-electron chi connectivity index (χ4n) is 1.37. The summed E-state index contributed by atoms with van der Waals surface area (Å²) in [5, 5.41) is 10.9. The Balaban J connectivity index is 2.30. The van der Waals surface area contributed by atoms with E-state index in [1.807, 2.05) is 19.1 Å². The topological polar surface area (TPSA) is 59.8 Å². The summed E-state index contributed by atoms with van der Waals surface area (Å²) in [5.41, 5.74) is 0.962. The standard InChI is InChI=1S/C11H11ClN4O/c1-2-13-11(17)9-7-16(15-14-9)10-6-4-3-5-8(10)12/h3-7H,2H2,1H3,(H,13,17). The van der Waals surface area contributed by atoms with E-state index >= 15 is 0 Å². The zero-order valence-corrected chi connectivity index (χ0v) is 9.98. The molecule has 0 atom stereocenters. The zero-order valence-electron chi connectivity index (χ0n) is 9.22. The lowest BCUT2D eigenvalue weighted by molar-refractivity contribution is 0.0951. The van der Waals surface area contributed by atoms with E-state index in [1.54, 1.807) is 18.3 Å². The summed E-state index contributed by atoms with van der Waals surface area (Å²) in [5.74, 6) is -0.245. The van der Waals surface area contributed by atoms with Gasteiger partial charge in [-0.3, -0.25) is 4.79 Å². The fourth-order valence-corrected chi connectivity index (χ4v) is 1.60. The van der Waals surface area contributed by atoms with Crippen molar-refractivity contribution < 1.29 is 4.79 Å². The van der Waals surface area contributed by atoms with Crippen LogP contribution in [0.5, 0.6) is 0 Å². The quantitative estimate of drug-likeness (QED) is 0.902. The van der Waals surface area contributed by atoms with Gasteiger partial charge in [0.25, 0.3) is 5.91 Å². The highest BCUT2D eigenvalue weighted by Gasteiger charge is 2.11. The average molecular weight is 251 g/mol.